The number of nitrogens with zero attached hydrogens (tertiary/aromatic N) is 1. The van der Waals surface area contributed by atoms with Gasteiger partial charge in [-0.25, -0.2) is 0 Å². The van der Waals surface area contributed by atoms with Crippen molar-refractivity contribution in [1.29, 1.82) is 0 Å². The van der Waals surface area contributed by atoms with Gasteiger partial charge in [-0.15, -0.1) is 0 Å². The largest absolute Gasteiger partial charge is 0.456 e. The summed E-state index contributed by atoms with van der Waals surface area (Å²) in [5.41, 5.74) is 12.0. The molecule has 2 heteroatoms. The SMILES string of the molecule is c1ccc2cc(-c3ccc(N(c4ccc(-c5cccc6ccccc56)cc4)c4ccc5oc6ccccc6c5c4-c4ccc5c(ccc6ccccc65)c4)cc3)ccc2c1. The summed E-state index contributed by atoms with van der Waals surface area (Å²) in [5.74, 6) is 0. The molecule has 0 unspecified atom stereocenters. The standard InChI is InChI=1S/C58H37NO/c1-2-13-43-36-44(22-20-38(43)10-1)39-24-29-47(30-25-39)59(48-31-26-42(27-32-48)51-18-9-14-40-11-3-5-15-49(40)51)54-34-35-56-58(53-17-7-8-19-55(53)60-56)57(54)46-28-33-52-45(37-46)23-21-41-12-4-6-16-50(41)52/h1-37H. The van der Waals surface area contributed by atoms with E-state index in [9.17, 15) is 0 Å². The second-order valence-electron chi connectivity index (χ2n) is 15.7. The van der Waals surface area contributed by atoms with Crippen LogP contribution < -0.4 is 4.90 Å². The van der Waals surface area contributed by atoms with Crippen molar-refractivity contribution in [2.45, 2.75) is 0 Å². The van der Waals surface area contributed by atoms with Gasteiger partial charge in [0.1, 0.15) is 11.2 Å². The number of hydrogen-bond donors (Lipinski definition) is 0. The van der Waals surface area contributed by atoms with Crippen molar-refractivity contribution in [3.8, 4) is 33.4 Å². The van der Waals surface area contributed by atoms with Gasteiger partial charge in [-0.05, 0) is 126 Å². The van der Waals surface area contributed by atoms with Crippen LogP contribution in [0.5, 0.6) is 0 Å². The molecule has 0 fully saturated rings. The summed E-state index contributed by atoms with van der Waals surface area (Å²) in [6, 6.07) is 81.4. The van der Waals surface area contributed by atoms with E-state index >= 15 is 0 Å². The lowest BCUT2D eigenvalue weighted by Gasteiger charge is -2.29. The fourth-order valence-electron chi connectivity index (χ4n) is 9.32. The maximum absolute atomic E-state index is 6.58. The van der Waals surface area contributed by atoms with Crippen LogP contribution in [-0.2, 0) is 0 Å². The first-order valence-corrected chi connectivity index (χ1v) is 20.6. The van der Waals surface area contributed by atoms with Gasteiger partial charge < -0.3 is 9.32 Å². The molecule has 0 saturated carbocycles. The van der Waals surface area contributed by atoms with E-state index in [1.165, 1.54) is 65.3 Å². The van der Waals surface area contributed by atoms with Crippen molar-refractivity contribution in [3.63, 3.8) is 0 Å². The molecule has 0 amide bonds. The number of para-hydroxylation sites is 1. The Morgan fingerprint density at radius 1 is 0.300 bits per heavy atom. The van der Waals surface area contributed by atoms with Gasteiger partial charge in [0.2, 0.25) is 0 Å². The van der Waals surface area contributed by atoms with Gasteiger partial charge in [0.05, 0.1) is 5.69 Å². The highest BCUT2D eigenvalue weighted by Gasteiger charge is 2.23. The van der Waals surface area contributed by atoms with Crippen molar-refractivity contribution < 1.29 is 4.42 Å². The third-order valence-corrected chi connectivity index (χ3v) is 12.2. The van der Waals surface area contributed by atoms with E-state index in [4.69, 9.17) is 4.42 Å². The molecule has 0 aliphatic heterocycles. The van der Waals surface area contributed by atoms with Crippen LogP contribution in [0.15, 0.2) is 229 Å². The minimum absolute atomic E-state index is 0.867. The van der Waals surface area contributed by atoms with E-state index in [1.807, 2.05) is 6.07 Å². The summed E-state index contributed by atoms with van der Waals surface area (Å²) in [7, 11) is 0. The fourth-order valence-corrected chi connectivity index (χ4v) is 9.32. The monoisotopic (exact) mass is 763 g/mol. The average molecular weight is 764 g/mol. The van der Waals surface area contributed by atoms with Crippen LogP contribution in [0.4, 0.5) is 17.1 Å². The normalized spacial score (nSPS) is 11.7. The molecule has 11 aromatic carbocycles. The highest BCUT2D eigenvalue weighted by atomic mass is 16.3. The maximum atomic E-state index is 6.58. The Morgan fingerprint density at radius 2 is 0.850 bits per heavy atom. The molecule has 0 bridgehead atoms. The molecule has 0 spiro atoms. The summed E-state index contributed by atoms with van der Waals surface area (Å²) in [5, 5.41) is 12.1. The molecule has 2 nitrogen and oxygen atoms in total. The Bertz CT molecular complexity index is 3590. The Kier molecular flexibility index (Phi) is 7.89. The first kappa shape index (κ1) is 34.1. The summed E-state index contributed by atoms with van der Waals surface area (Å²) >= 11 is 0. The third-order valence-electron chi connectivity index (χ3n) is 12.2. The van der Waals surface area contributed by atoms with Crippen molar-refractivity contribution in [1.82, 2.24) is 0 Å². The third kappa shape index (κ3) is 5.65. The first-order valence-electron chi connectivity index (χ1n) is 20.6. The number of hydrogen-bond acceptors (Lipinski definition) is 2. The lowest BCUT2D eigenvalue weighted by atomic mass is 9.93. The summed E-state index contributed by atoms with van der Waals surface area (Å²) < 4.78 is 6.58. The van der Waals surface area contributed by atoms with Crippen LogP contribution in [-0.4, -0.2) is 0 Å². The highest BCUT2D eigenvalue weighted by molar-refractivity contribution is 6.18. The molecular formula is C58H37NO. The molecule has 1 aromatic heterocycles. The molecular weight excluding hydrogens is 727 g/mol. The Balaban J connectivity index is 1.08. The van der Waals surface area contributed by atoms with E-state index in [-0.39, 0.29) is 0 Å². The molecule has 12 aromatic rings. The summed E-state index contributed by atoms with van der Waals surface area (Å²) in [6.07, 6.45) is 0. The predicted octanol–water partition coefficient (Wildman–Crippen LogP) is 16.7. The number of rotatable bonds is 6. The van der Waals surface area contributed by atoms with Crippen LogP contribution in [0.1, 0.15) is 0 Å². The Morgan fingerprint density at radius 3 is 1.65 bits per heavy atom. The van der Waals surface area contributed by atoms with Crippen molar-refractivity contribution in [2.75, 3.05) is 4.90 Å². The molecule has 60 heavy (non-hydrogen) atoms. The van der Waals surface area contributed by atoms with E-state index < -0.39 is 0 Å². The molecule has 12 rings (SSSR count). The summed E-state index contributed by atoms with van der Waals surface area (Å²) in [6.45, 7) is 0. The van der Waals surface area contributed by atoms with E-state index in [0.717, 1.165) is 50.1 Å². The molecule has 0 saturated heterocycles. The molecule has 0 atom stereocenters. The van der Waals surface area contributed by atoms with Crippen LogP contribution in [0, 0.1) is 0 Å². The number of benzene rings is 11. The van der Waals surface area contributed by atoms with Crippen molar-refractivity contribution >= 4 is 82.1 Å². The van der Waals surface area contributed by atoms with E-state index in [1.54, 1.807) is 0 Å². The molecule has 0 aliphatic rings. The van der Waals surface area contributed by atoms with Gasteiger partial charge in [-0.2, -0.15) is 0 Å². The van der Waals surface area contributed by atoms with Gasteiger partial charge in [-0.1, -0.05) is 170 Å². The lowest BCUT2D eigenvalue weighted by molar-refractivity contribution is 0.669. The zero-order chi connectivity index (χ0) is 39.6. The van der Waals surface area contributed by atoms with Crippen molar-refractivity contribution in [3.05, 3.63) is 224 Å². The minimum Gasteiger partial charge on any atom is -0.456 e. The quantitative estimate of drug-likeness (QED) is 0.157. The molecule has 1 heterocycles. The van der Waals surface area contributed by atoms with Gasteiger partial charge in [0.15, 0.2) is 0 Å². The second-order valence-corrected chi connectivity index (χ2v) is 15.7. The maximum Gasteiger partial charge on any atom is 0.136 e. The first-order chi connectivity index (χ1) is 29.7. The Labute approximate surface area is 347 Å². The number of anilines is 3. The zero-order valence-corrected chi connectivity index (χ0v) is 32.7. The molecule has 0 N–H and O–H groups in total. The number of furan rings is 1. The van der Waals surface area contributed by atoms with E-state index in [0.29, 0.717) is 0 Å². The van der Waals surface area contributed by atoms with Crippen LogP contribution >= 0.6 is 0 Å². The van der Waals surface area contributed by atoms with Crippen LogP contribution in [0.25, 0.3) is 98.4 Å². The summed E-state index contributed by atoms with van der Waals surface area (Å²) in [4.78, 5) is 2.41. The smallest absolute Gasteiger partial charge is 0.136 e. The zero-order valence-electron chi connectivity index (χ0n) is 32.7. The Hall–Kier alpha value is -7.94. The van der Waals surface area contributed by atoms with E-state index in [2.05, 4.69) is 223 Å². The molecule has 0 radical (unpaired) electrons. The number of fused-ring (bicyclic) bond motifs is 8. The predicted molar refractivity (Wildman–Crippen MR) is 255 cm³/mol. The highest BCUT2D eigenvalue weighted by Crippen LogP contribution is 2.48. The minimum atomic E-state index is 0.867. The average Bonchev–Trinajstić information content (AvgIpc) is 3.70. The van der Waals surface area contributed by atoms with Gasteiger partial charge in [0.25, 0.3) is 0 Å². The molecule has 0 aliphatic carbocycles. The topological polar surface area (TPSA) is 16.4 Å². The fraction of sp³-hybridized carbons (Fsp3) is 0. The lowest BCUT2D eigenvalue weighted by Crippen LogP contribution is -2.11. The second kappa shape index (κ2) is 13.9. The van der Waals surface area contributed by atoms with Gasteiger partial charge >= 0.3 is 0 Å². The van der Waals surface area contributed by atoms with Gasteiger partial charge in [0, 0.05) is 27.7 Å². The van der Waals surface area contributed by atoms with Gasteiger partial charge in [-0.3, -0.25) is 0 Å². The van der Waals surface area contributed by atoms with Crippen LogP contribution in [0.3, 0.4) is 0 Å². The van der Waals surface area contributed by atoms with Crippen molar-refractivity contribution in [2.24, 2.45) is 0 Å². The molecule has 280 valence electrons. The van der Waals surface area contributed by atoms with Crippen LogP contribution in [0.2, 0.25) is 0 Å².